The van der Waals surface area contributed by atoms with Crippen molar-refractivity contribution in [3.8, 4) is 11.4 Å². The minimum atomic E-state index is -0.843. The number of nitrogens with one attached hydrogen (secondary N) is 1. The van der Waals surface area contributed by atoms with E-state index in [-0.39, 0.29) is 22.3 Å². The van der Waals surface area contributed by atoms with Crippen molar-refractivity contribution in [3.05, 3.63) is 80.9 Å². The predicted molar refractivity (Wildman–Crippen MR) is 122 cm³/mol. The van der Waals surface area contributed by atoms with E-state index in [1.54, 1.807) is 6.92 Å². The standard InChI is InChI=1S/C22H18ClFN4O6/c1-13-17(22(23)27(26-13)15-5-3-14(24)4-6-15)8-10-21(30)34-12-20(29)25-18-9-7-16(33-2)11-19(18)28(31)32/h3-11H,12H2,1-2H3,(H,25,29)/b10-8+. The number of benzene rings is 2. The minimum absolute atomic E-state index is 0.0713. The third kappa shape index (κ3) is 5.75. The normalized spacial score (nSPS) is 10.8. The number of halogens is 2. The molecule has 34 heavy (non-hydrogen) atoms. The number of nitro benzene ring substituents is 1. The van der Waals surface area contributed by atoms with Crippen molar-refractivity contribution < 1.29 is 28.4 Å². The highest BCUT2D eigenvalue weighted by molar-refractivity contribution is 6.31. The van der Waals surface area contributed by atoms with E-state index in [4.69, 9.17) is 21.1 Å². The number of carbonyl (C=O) groups is 2. The zero-order chi connectivity index (χ0) is 24.8. The monoisotopic (exact) mass is 488 g/mol. The van der Waals surface area contributed by atoms with Gasteiger partial charge < -0.3 is 14.8 Å². The van der Waals surface area contributed by atoms with Gasteiger partial charge in [-0.25, -0.2) is 13.9 Å². The fraction of sp³-hybridized carbons (Fsp3) is 0.136. The van der Waals surface area contributed by atoms with Gasteiger partial charge in [0.1, 0.15) is 22.4 Å². The molecule has 1 amide bonds. The molecular formula is C22H18ClFN4O6. The van der Waals surface area contributed by atoms with Crippen LogP contribution in [-0.2, 0) is 14.3 Å². The molecule has 0 aliphatic heterocycles. The Kier molecular flexibility index (Phi) is 7.59. The lowest BCUT2D eigenvalue weighted by Crippen LogP contribution is -2.20. The molecule has 0 aliphatic rings. The maximum atomic E-state index is 13.1. The van der Waals surface area contributed by atoms with Crippen molar-refractivity contribution in [2.45, 2.75) is 6.92 Å². The first-order valence-electron chi connectivity index (χ1n) is 9.67. The van der Waals surface area contributed by atoms with Gasteiger partial charge in [0, 0.05) is 11.6 Å². The Labute approximate surface area is 197 Å². The molecule has 3 rings (SSSR count). The van der Waals surface area contributed by atoms with Crippen LogP contribution in [-0.4, -0.2) is 40.3 Å². The van der Waals surface area contributed by atoms with Crippen LogP contribution in [0.15, 0.2) is 48.5 Å². The molecule has 176 valence electrons. The van der Waals surface area contributed by atoms with Gasteiger partial charge in [-0.1, -0.05) is 11.6 Å². The zero-order valence-corrected chi connectivity index (χ0v) is 18.7. The maximum Gasteiger partial charge on any atom is 0.331 e. The van der Waals surface area contributed by atoms with Crippen LogP contribution in [0.2, 0.25) is 5.15 Å². The Morgan fingerprint density at radius 3 is 2.62 bits per heavy atom. The van der Waals surface area contributed by atoms with Gasteiger partial charge in [-0.3, -0.25) is 14.9 Å². The zero-order valence-electron chi connectivity index (χ0n) is 18.0. The number of amides is 1. The van der Waals surface area contributed by atoms with Gasteiger partial charge in [-0.15, -0.1) is 0 Å². The highest BCUT2D eigenvalue weighted by Crippen LogP contribution is 2.29. The van der Waals surface area contributed by atoms with E-state index >= 15 is 0 Å². The molecule has 3 aromatic rings. The van der Waals surface area contributed by atoms with E-state index in [0.717, 1.165) is 12.1 Å². The maximum absolute atomic E-state index is 13.1. The van der Waals surface area contributed by atoms with Crippen LogP contribution in [0, 0.1) is 22.9 Å². The van der Waals surface area contributed by atoms with E-state index in [2.05, 4.69) is 10.4 Å². The number of rotatable bonds is 8. The summed E-state index contributed by atoms with van der Waals surface area (Å²) in [4.78, 5) is 34.6. The van der Waals surface area contributed by atoms with Crippen molar-refractivity contribution >= 4 is 40.9 Å². The molecule has 0 saturated heterocycles. The van der Waals surface area contributed by atoms with Crippen molar-refractivity contribution in [1.82, 2.24) is 9.78 Å². The van der Waals surface area contributed by atoms with E-state index in [1.807, 2.05) is 0 Å². The van der Waals surface area contributed by atoms with Crippen LogP contribution in [0.1, 0.15) is 11.3 Å². The number of hydrogen-bond acceptors (Lipinski definition) is 7. The average molecular weight is 489 g/mol. The lowest BCUT2D eigenvalue weighted by atomic mass is 10.2. The fourth-order valence-electron chi connectivity index (χ4n) is 2.87. The molecule has 0 bridgehead atoms. The second-order valence-corrected chi connectivity index (χ2v) is 7.17. The molecule has 1 heterocycles. The number of nitro groups is 1. The summed E-state index contributed by atoms with van der Waals surface area (Å²) in [5.74, 6) is -1.77. The Morgan fingerprint density at radius 2 is 1.97 bits per heavy atom. The molecule has 1 N–H and O–H groups in total. The quantitative estimate of drug-likeness (QED) is 0.219. The Hall–Kier alpha value is -4.25. The Bertz CT molecular complexity index is 1270. The van der Waals surface area contributed by atoms with Crippen LogP contribution in [0.3, 0.4) is 0 Å². The topological polar surface area (TPSA) is 126 Å². The van der Waals surface area contributed by atoms with Gasteiger partial charge in [0.25, 0.3) is 11.6 Å². The summed E-state index contributed by atoms with van der Waals surface area (Å²) >= 11 is 6.34. The molecule has 2 aromatic carbocycles. The minimum Gasteiger partial charge on any atom is -0.496 e. The molecule has 10 nitrogen and oxygen atoms in total. The summed E-state index contributed by atoms with van der Waals surface area (Å²) in [6.07, 6.45) is 2.44. The third-order valence-corrected chi connectivity index (χ3v) is 4.89. The Balaban J connectivity index is 1.62. The summed E-state index contributed by atoms with van der Waals surface area (Å²) in [5, 5.41) is 18.0. The lowest BCUT2D eigenvalue weighted by Gasteiger charge is -2.07. The van der Waals surface area contributed by atoms with E-state index in [1.165, 1.54) is 54.3 Å². The third-order valence-electron chi connectivity index (χ3n) is 4.53. The largest absolute Gasteiger partial charge is 0.496 e. The number of nitrogens with zero attached hydrogens (tertiary/aromatic N) is 3. The number of anilines is 1. The number of hydrogen-bond donors (Lipinski definition) is 1. The summed E-state index contributed by atoms with van der Waals surface area (Å²) in [7, 11) is 1.35. The van der Waals surface area contributed by atoms with Gasteiger partial charge >= 0.3 is 5.97 Å². The fourth-order valence-corrected chi connectivity index (χ4v) is 3.21. The highest BCUT2D eigenvalue weighted by Gasteiger charge is 2.18. The number of esters is 1. The second kappa shape index (κ2) is 10.6. The molecule has 12 heteroatoms. The van der Waals surface area contributed by atoms with Crippen molar-refractivity contribution in [2.75, 3.05) is 19.0 Å². The smallest absolute Gasteiger partial charge is 0.331 e. The molecule has 0 saturated carbocycles. The molecule has 0 unspecified atom stereocenters. The first kappa shape index (κ1) is 24.4. The summed E-state index contributed by atoms with van der Waals surface area (Å²) in [6, 6.07) is 9.43. The van der Waals surface area contributed by atoms with Crippen LogP contribution in [0.4, 0.5) is 15.8 Å². The number of ether oxygens (including phenoxy) is 2. The summed E-state index contributed by atoms with van der Waals surface area (Å²) in [6.45, 7) is 1.00. The first-order valence-corrected chi connectivity index (χ1v) is 10.1. The van der Waals surface area contributed by atoms with Gasteiger partial charge in [-0.2, -0.15) is 5.10 Å². The molecule has 0 radical (unpaired) electrons. The average Bonchev–Trinajstić information content (AvgIpc) is 3.10. The highest BCUT2D eigenvalue weighted by atomic mass is 35.5. The van der Waals surface area contributed by atoms with Crippen molar-refractivity contribution in [2.24, 2.45) is 0 Å². The Morgan fingerprint density at radius 1 is 1.26 bits per heavy atom. The van der Waals surface area contributed by atoms with Crippen LogP contribution >= 0.6 is 11.6 Å². The molecule has 0 atom stereocenters. The summed E-state index contributed by atoms with van der Waals surface area (Å²) in [5.41, 5.74) is 1.02. The molecule has 0 aliphatic carbocycles. The molecular weight excluding hydrogens is 471 g/mol. The molecule has 0 fully saturated rings. The van der Waals surface area contributed by atoms with Crippen LogP contribution in [0.5, 0.6) is 5.75 Å². The summed E-state index contributed by atoms with van der Waals surface area (Å²) < 4.78 is 24.3. The van der Waals surface area contributed by atoms with E-state index in [9.17, 15) is 24.1 Å². The number of aromatic nitrogens is 2. The number of methoxy groups -OCH3 is 1. The van der Waals surface area contributed by atoms with Gasteiger partial charge in [0.15, 0.2) is 6.61 Å². The number of carbonyl (C=O) groups excluding carboxylic acids is 2. The van der Waals surface area contributed by atoms with Gasteiger partial charge in [0.05, 0.1) is 29.5 Å². The van der Waals surface area contributed by atoms with E-state index < -0.39 is 29.2 Å². The van der Waals surface area contributed by atoms with Crippen molar-refractivity contribution in [3.63, 3.8) is 0 Å². The van der Waals surface area contributed by atoms with Gasteiger partial charge in [0.2, 0.25) is 0 Å². The molecule has 1 aromatic heterocycles. The predicted octanol–water partition coefficient (Wildman–Crippen LogP) is 4.09. The SMILES string of the molecule is COc1ccc(NC(=O)COC(=O)/C=C/c2c(C)nn(-c3ccc(F)cc3)c2Cl)c([N+](=O)[O-])c1. The van der Waals surface area contributed by atoms with Crippen LogP contribution in [0.25, 0.3) is 11.8 Å². The van der Waals surface area contributed by atoms with Crippen molar-refractivity contribution in [1.29, 1.82) is 0 Å². The first-order chi connectivity index (χ1) is 16.2. The van der Waals surface area contributed by atoms with E-state index in [0.29, 0.717) is 16.9 Å². The number of aryl methyl sites for hydroxylation is 1. The molecule has 0 spiro atoms. The second-order valence-electron chi connectivity index (χ2n) is 6.81. The van der Waals surface area contributed by atoms with Gasteiger partial charge in [-0.05, 0) is 49.4 Å². The lowest BCUT2D eigenvalue weighted by molar-refractivity contribution is -0.384. The van der Waals surface area contributed by atoms with Crippen LogP contribution < -0.4 is 10.1 Å².